The molecule has 0 atom stereocenters. The summed E-state index contributed by atoms with van der Waals surface area (Å²) in [5, 5.41) is 4.09. The molecule has 1 amide bonds. The third kappa shape index (κ3) is 3.96. The zero-order valence-corrected chi connectivity index (χ0v) is 14.1. The number of aromatic nitrogens is 1. The van der Waals surface area contributed by atoms with Gasteiger partial charge in [0.1, 0.15) is 5.75 Å². The minimum Gasteiger partial charge on any atom is -0.484 e. The van der Waals surface area contributed by atoms with E-state index in [4.69, 9.17) is 4.74 Å². The van der Waals surface area contributed by atoms with Crippen LogP contribution in [0, 0.1) is 13.8 Å². The first kappa shape index (κ1) is 16.1. The Morgan fingerprint density at radius 2 is 1.96 bits per heavy atom. The van der Waals surface area contributed by atoms with Crippen molar-refractivity contribution in [3.63, 3.8) is 0 Å². The van der Waals surface area contributed by atoms with Crippen molar-refractivity contribution >= 4 is 16.8 Å². The van der Waals surface area contributed by atoms with Crippen LogP contribution in [-0.4, -0.2) is 24.0 Å². The molecule has 0 radical (unpaired) electrons. The normalized spacial score (nSPS) is 10.8. The van der Waals surface area contributed by atoms with E-state index in [-0.39, 0.29) is 12.5 Å². The Morgan fingerprint density at radius 1 is 1.08 bits per heavy atom. The maximum absolute atomic E-state index is 11.9. The standard InChI is InChI=1S/C20H22N2O2/c1-14-3-6-18(11-15(14)2)24-13-20(23)22-9-7-16-4-5-17-8-10-21-19(17)12-16/h3-6,8,10-12,21H,7,9,13H2,1-2H3,(H,22,23). The van der Waals surface area contributed by atoms with E-state index in [9.17, 15) is 4.79 Å². The quantitative estimate of drug-likeness (QED) is 0.729. The topological polar surface area (TPSA) is 54.1 Å². The number of carbonyl (C=O) groups is 1. The van der Waals surface area contributed by atoms with E-state index >= 15 is 0 Å². The van der Waals surface area contributed by atoms with Crippen LogP contribution in [0.2, 0.25) is 0 Å². The highest BCUT2D eigenvalue weighted by molar-refractivity contribution is 5.80. The van der Waals surface area contributed by atoms with Gasteiger partial charge in [-0.05, 0) is 66.6 Å². The molecular weight excluding hydrogens is 300 g/mol. The summed E-state index contributed by atoms with van der Waals surface area (Å²) in [4.78, 5) is 15.1. The van der Waals surface area contributed by atoms with Crippen LogP contribution in [0.3, 0.4) is 0 Å². The minimum absolute atomic E-state index is 0.0398. The molecule has 0 saturated carbocycles. The number of H-pyrrole nitrogens is 1. The lowest BCUT2D eigenvalue weighted by molar-refractivity contribution is -0.123. The number of hydrogen-bond acceptors (Lipinski definition) is 2. The number of rotatable bonds is 6. The second-order valence-electron chi connectivity index (χ2n) is 6.03. The average molecular weight is 322 g/mol. The van der Waals surface area contributed by atoms with Gasteiger partial charge in [0, 0.05) is 18.3 Å². The molecule has 1 heterocycles. The second kappa shape index (κ2) is 7.21. The van der Waals surface area contributed by atoms with Gasteiger partial charge in [-0.2, -0.15) is 0 Å². The summed E-state index contributed by atoms with van der Waals surface area (Å²) in [7, 11) is 0. The van der Waals surface area contributed by atoms with Crippen molar-refractivity contribution in [1.29, 1.82) is 0 Å². The maximum Gasteiger partial charge on any atom is 0.257 e. The van der Waals surface area contributed by atoms with Crippen LogP contribution in [0.15, 0.2) is 48.7 Å². The Hall–Kier alpha value is -2.75. The highest BCUT2D eigenvalue weighted by atomic mass is 16.5. The number of nitrogens with one attached hydrogen (secondary N) is 2. The van der Waals surface area contributed by atoms with E-state index in [2.05, 4.69) is 35.4 Å². The molecule has 0 aliphatic carbocycles. The van der Waals surface area contributed by atoms with Gasteiger partial charge in [0.05, 0.1) is 0 Å². The summed E-state index contributed by atoms with van der Waals surface area (Å²) in [6.45, 7) is 4.72. The van der Waals surface area contributed by atoms with Crippen molar-refractivity contribution in [1.82, 2.24) is 10.3 Å². The van der Waals surface area contributed by atoms with Gasteiger partial charge in [-0.15, -0.1) is 0 Å². The summed E-state index contributed by atoms with van der Waals surface area (Å²) in [6, 6.07) is 14.2. The lowest BCUT2D eigenvalue weighted by Crippen LogP contribution is -2.30. The van der Waals surface area contributed by atoms with Crippen molar-refractivity contribution in [2.45, 2.75) is 20.3 Å². The average Bonchev–Trinajstić information content (AvgIpc) is 3.04. The third-order valence-corrected chi connectivity index (χ3v) is 4.20. The number of fused-ring (bicyclic) bond motifs is 1. The summed E-state index contributed by atoms with van der Waals surface area (Å²) in [5.74, 6) is 0.625. The Labute approximate surface area is 141 Å². The van der Waals surface area contributed by atoms with E-state index in [1.807, 2.05) is 37.4 Å². The molecule has 4 heteroatoms. The summed E-state index contributed by atoms with van der Waals surface area (Å²) >= 11 is 0. The van der Waals surface area contributed by atoms with Crippen LogP contribution < -0.4 is 10.1 Å². The van der Waals surface area contributed by atoms with E-state index in [0.717, 1.165) is 23.3 Å². The molecule has 1 aromatic heterocycles. The number of aromatic amines is 1. The molecule has 0 aliphatic heterocycles. The monoisotopic (exact) mass is 322 g/mol. The van der Waals surface area contributed by atoms with Crippen LogP contribution in [0.4, 0.5) is 0 Å². The first-order valence-corrected chi connectivity index (χ1v) is 8.14. The molecule has 0 saturated heterocycles. The van der Waals surface area contributed by atoms with Crippen LogP contribution in [0.25, 0.3) is 10.9 Å². The zero-order valence-electron chi connectivity index (χ0n) is 14.1. The largest absolute Gasteiger partial charge is 0.484 e. The van der Waals surface area contributed by atoms with Crippen molar-refractivity contribution in [3.8, 4) is 5.75 Å². The molecule has 3 rings (SSSR count). The SMILES string of the molecule is Cc1ccc(OCC(=O)NCCc2ccc3cc[nH]c3c2)cc1C. The number of hydrogen-bond donors (Lipinski definition) is 2. The van der Waals surface area contributed by atoms with Crippen molar-refractivity contribution < 1.29 is 9.53 Å². The Morgan fingerprint density at radius 3 is 2.79 bits per heavy atom. The molecule has 124 valence electrons. The number of ether oxygens (including phenoxy) is 1. The number of carbonyl (C=O) groups excluding carboxylic acids is 1. The van der Waals surface area contributed by atoms with Gasteiger partial charge < -0.3 is 15.0 Å². The Balaban J connectivity index is 1.44. The van der Waals surface area contributed by atoms with Crippen molar-refractivity contribution in [3.05, 3.63) is 65.4 Å². The highest BCUT2D eigenvalue weighted by Gasteiger charge is 2.04. The number of aryl methyl sites for hydroxylation is 2. The molecule has 0 fully saturated rings. The zero-order chi connectivity index (χ0) is 16.9. The smallest absolute Gasteiger partial charge is 0.257 e. The van der Waals surface area contributed by atoms with Crippen molar-refractivity contribution in [2.24, 2.45) is 0 Å². The number of benzene rings is 2. The van der Waals surface area contributed by atoms with Gasteiger partial charge >= 0.3 is 0 Å². The first-order chi connectivity index (χ1) is 11.6. The van der Waals surface area contributed by atoms with Crippen LogP contribution in [0.1, 0.15) is 16.7 Å². The van der Waals surface area contributed by atoms with E-state index in [0.29, 0.717) is 6.54 Å². The maximum atomic E-state index is 11.9. The predicted octanol–water partition coefficient (Wildman–Crippen LogP) is 3.52. The summed E-state index contributed by atoms with van der Waals surface area (Å²) in [5.41, 5.74) is 4.69. The number of amides is 1. The molecule has 2 aromatic carbocycles. The van der Waals surface area contributed by atoms with E-state index in [1.165, 1.54) is 16.5 Å². The van der Waals surface area contributed by atoms with Gasteiger partial charge in [0.2, 0.25) is 0 Å². The first-order valence-electron chi connectivity index (χ1n) is 8.14. The van der Waals surface area contributed by atoms with E-state index in [1.54, 1.807) is 0 Å². The van der Waals surface area contributed by atoms with Crippen LogP contribution in [0.5, 0.6) is 5.75 Å². The molecule has 0 aliphatic rings. The molecule has 2 N–H and O–H groups in total. The Kier molecular flexibility index (Phi) is 4.85. The van der Waals surface area contributed by atoms with Gasteiger partial charge in [0.15, 0.2) is 6.61 Å². The summed E-state index contributed by atoms with van der Waals surface area (Å²) < 4.78 is 5.54. The van der Waals surface area contributed by atoms with Gasteiger partial charge in [-0.3, -0.25) is 4.79 Å². The van der Waals surface area contributed by atoms with Gasteiger partial charge in [-0.1, -0.05) is 18.2 Å². The minimum atomic E-state index is -0.103. The van der Waals surface area contributed by atoms with Crippen molar-refractivity contribution in [2.75, 3.05) is 13.2 Å². The Bertz CT molecular complexity index is 852. The van der Waals surface area contributed by atoms with Crippen LogP contribution in [-0.2, 0) is 11.2 Å². The van der Waals surface area contributed by atoms with E-state index < -0.39 is 0 Å². The highest BCUT2D eigenvalue weighted by Crippen LogP contribution is 2.16. The molecular formula is C20H22N2O2. The molecule has 3 aromatic rings. The second-order valence-corrected chi connectivity index (χ2v) is 6.03. The fraction of sp³-hybridized carbons (Fsp3) is 0.250. The fourth-order valence-corrected chi connectivity index (χ4v) is 2.60. The van der Waals surface area contributed by atoms with Gasteiger partial charge in [-0.25, -0.2) is 0 Å². The lowest BCUT2D eigenvalue weighted by atomic mass is 10.1. The predicted molar refractivity (Wildman–Crippen MR) is 96.4 cm³/mol. The van der Waals surface area contributed by atoms with Crippen LogP contribution >= 0.6 is 0 Å². The summed E-state index contributed by atoms with van der Waals surface area (Å²) in [6.07, 6.45) is 2.73. The molecule has 4 nitrogen and oxygen atoms in total. The van der Waals surface area contributed by atoms with Gasteiger partial charge in [0.25, 0.3) is 5.91 Å². The lowest BCUT2D eigenvalue weighted by Gasteiger charge is -2.09. The molecule has 24 heavy (non-hydrogen) atoms. The molecule has 0 bridgehead atoms. The molecule has 0 unspecified atom stereocenters. The fourth-order valence-electron chi connectivity index (χ4n) is 2.60. The molecule has 0 spiro atoms. The third-order valence-electron chi connectivity index (χ3n) is 4.20.